The number of nitrogens with one attached hydrogen (secondary N) is 1. The number of hydrogen-bond acceptors (Lipinski definition) is 4. The average molecular weight is 404 g/mol. The van der Waals surface area contributed by atoms with Crippen LogP contribution in [0.5, 0.6) is 0 Å². The van der Waals surface area contributed by atoms with E-state index >= 15 is 0 Å². The number of nitrogens with zero attached hydrogens (tertiary/aromatic N) is 2. The molecular weight excluding hydrogens is 382 g/mol. The van der Waals surface area contributed by atoms with Gasteiger partial charge >= 0.3 is 0 Å². The summed E-state index contributed by atoms with van der Waals surface area (Å²) in [6.45, 7) is 2.51. The molecule has 3 aromatic rings. The second-order valence-corrected chi connectivity index (χ2v) is 7.75. The standard InChI is InChI=1S/C23H21N3O2S/c1-2-26-19-12-11-17(25-21(27)13-10-16-7-4-3-5-8-16)15-20(19)29-22-18(23(26)28)9-6-14-24-22/h3-9,11-12,14-15H,2,10,13H2,1H3,(H,25,27). The molecule has 0 bridgehead atoms. The van der Waals surface area contributed by atoms with E-state index in [1.807, 2.05) is 55.5 Å². The number of rotatable bonds is 5. The minimum Gasteiger partial charge on any atom is -0.326 e. The quantitative estimate of drug-likeness (QED) is 0.666. The molecule has 0 radical (unpaired) electrons. The fourth-order valence-corrected chi connectivity index (χ4v) is 4.39. The summed E-state index contributed by atoms with van der Waals surface area (Å²) in [5.74, 6) is -0.0872. The van der Waals surface area contributed by atoms with Gasteiger partial charge in [-0.1, -0.05) is 42.1 Å². The van der Waals surface area contributed by atoms with Crippen LogP contribution in [0.3, 0.4) is 0 Å². The van der Waals surface area contributed by atoms with Crippen molar-refractivity contribution in [2.24, 2.45) is 0 Å². The van der Waals surface area contributed by atoms with Crippen LogP contribution in [0.1, 0.15) is 29.3 Å². The molecular formula is C23H21N3O2S. The number of anilines is 2. The number of pyridine rings is 1. The van der Waals surface area contributed by atoms with E-state index in [2.05, 4.69) is 10.3 Å². The minimum absolute atomic E-state index is 0.0330. The molecule has 5 nitrogen and oxygen atoms in total. The number of fused-ring (bicyclic) bond motifs is 2. The third-order valence-corrected chi connectivity index (χ3v) is 5.85. The Morgan fingerprint density at radius 1 is 1.10 bits per heavy atom. The van der Waals surface area contributed by atoms with Crippen molar-refractivity contribution >= 4 is 35.0 Å². The van der Waals surface area contributed by atoms with Crippen LogP contribution >= 0.6 is 11.8 Å². The molecule has 1 aromatic heterocycles. The van der Waals surface area contributed by atoms with Gasteiger partial charge in [0, 0.05) is 29.7 Å². The summed E-state index contributed by atoms with van der Waals surface area (Å²) in [7, 11) is 0. The molecule has 0 fully saturated rings. The van der Waals surface area contributed by atoms with Gasteiger partial charge in [-0.15, -0.1) is 0 Å². The maximum absolute atomic E-state index is 12.9. The van der Waals surface area contributed by atoms with Crippen molar-refractivity contribution in [3.05, 3.63) is 78.0 Å². The maximum Gasteiger partial charge on any atom is 0.261 e. The summed E-state index contributed by atoms with van der Waals surface area (Å²) >= 11 is 1.45. The molecule has 2 amide bonds. The van der Waals surface area contributed by atoms with E-state index in [9.17, 15) is 9.59 Å². The fraction of sp³-hybridized carbons (Fsp3) is 0.174. The Morgan fingerprint density at radius 2 is 1.93 bits per heavy atom. The van der Waals surface area contributed by atoms with E-state index in [1.54, 1.807) is 23.2 Å². The first-order valence-corrected chi connectivity index (χ1v) is 10.4. The molecule has 29 heavy (non-hydrogen) atoms. The Labute approximate surface area is 174 Å². The molecule has 0 atom stereocenters. The van der Waals surface area contributed by atoms with Crippen molar-refractivity contribution in [2.75, 3.05) is 16.8 Å². The highest BCUT2D eigenvalue weighted by Crippen LogP contribution is 2.41. The van der Waals surface area contributed by atoms with Crippen molar-refractivity contribution in [2.45, 2.75) is 29.7 Å². The van der Waals surface area contributed by atoms with Crippen molar-refractivity contribution in [1.29, 1.82) is 0 Å². The summed E-state index contributed by atoms with van der Waals surface area (Å²) < 4.78 is 0. The van der Waals surface area contributed by atoms with Crippen LogP contribution < -0.4 is 10.2 Å². The zero-order chi connectivity index (χ0) is 20.2. The number of carbonyl (C=O) groups is 2. The Balaban J connectivity index is 1.54. The van der Waals surface area contributed by atoms with Crippen LogP contribution in [0.2, 0.25) is 0 Å². The van der Waals surface area contributed by atoms with Crippen LogP contribution in [0.4, 0.5) is 11.4 Å². The van der Waals surface area contributed by atoms with Crippen molar-refractivity contribution < 1.29 is 9.59 Å². The van der Waals surface area contributed by atoms with Gasteiger partial charge in [-0.3, -0.25) is 9.59 Å². The summed E-state index contributed by atoms with van der Waals surface area (Å²) in [5, 5.41) is 3.66. The first kappa shape index (κ1) is 19.2. The summed E-state index contributed by atoms with van der Waals surface area (Å²) in [5.41, 5.74) is 3.30. The SMILES string of the molecule is CCN1C(=O)c2cccnc2Sc2cc(NC(=O)CCc3ccccc3)ccc21. The van der Waals surface area contributed by atoms with E-state index in [1.165, 1.54) is 11.8 Å². The highest BCUT2D eigenvalue weighted by atomic mass is 32.2. The summed E-state index contributed by atoms with van der Waals surface area (Å²) in [6.07, 6.45) is 2.80. The maximum atomic E-state index is 12.9. The van der Waals surface area contributed by atoms with E-state index in [-0.39, 0.29) is 11.8 Å². The third-order valence-electron chi connectivity index (χ3n) is 4.79. The van der Waals surface area contributed by atoms with Crippen LogP contribution in [0, 0.1) is 0 Å². The van der Waals surface area contributed by atoms with Gasteiger partial charge < -0.3 is 10.2 Å². The van der Waals surface area contributed by atoms with Gasteiger partial charge in [-0.05, 0) is 49.2 Å². The molecule has 146 valence electrons. The predicted molar refractivity (Wildman–Crippen MR) is 116 cm³/mol. The second kappa shape index (κ2) is 8.49. The highest BCUT2D eigenvalue weighted by molar-refractivity contribution is 7.99. The van der Waals surface area contributed by atoms with Gasteiger partial charge in [0.15, 0.2) is 0 Å². The third kappa shape index (κ3) is 4.17. The Hall–Kier alpha value is -3.12. The molecule has 0 unspecified atom stereocenters. The average Bonchev–Trinajstić information content (AvgIpc) is 2.86. The van der Waals surface area contributed by atoms with Gasteiger partial charge in [0.2, 0.25) is 5.91 Å². The number of hydrogen-bond donors (Lipinski definition) is 1. The Morgan fingerprint density at radius 3 is 2.72 bits per heavy atom. The Kier molecular flexibility index (Phi) is 5.62. The zero-order valence-electron chi connectivity index (χ0n) is 16.1. The number of carbonyl (C=O) groups excluding carboxylic acids is 2. The molecule has 0 saturated carbocycles. The van der Waals surface area contributed by atoms with Crippen molar-refractivity contribution in [3.8, 4) is 0 Å². The number of aryl methyl sites for hydroxylation is 1. The van der Waals surface area contributed by atoms with Gasteiger partial charge in [-0.2, -0.15) is 0 Å². The molecule has 1 aliphatic rings. The molecule has 4 rings (SSSR count). The van der Waals surface area contributed by atoms with Crippen LogP contribution in [-0.2, 0) is 11.2 Å². The van der Waals surface area contributed by atoms with Gasteiger partial charge in [0.05, 0.1) is 11.3 Å². The van der Waals surface area contributed by atoms with Gasteiger partial charge in [0.1, 0.15) is 5.03 Å². The lowest BCUT2D eigenvalue weighted by Gasteiger charge is -2.21. The molecule has 0 spiro atoms. The monoisotopic (exact) mass is 403 g/mol. The normalized spacial score (nSPS) is 12.7. The molecule has 1 N–H and O–H groups in total. The van der Waals surface area contributed by atoms with Gasteiger partial charge in [0.25, 0.3) is 5.91 Å². The minimum atomic E-state index is -0.0542. The molecule has 2 aromatic carbocycles. The molecule has 0 saturated heterocycles. The molecule has 0 aliphatic carbocycles. The van der Waals surface area contributed by atoms with E-state index in [4.69, 9.17) is 0 Å². The summed E-state index contributed by atoms with van der Waals surface area (Å²) in [6, 6.07) is 19.2. The lowest BCUT2D eigenvalue weighted by atomic mass is 10.1. The lowest BCUT2D eigenvalue weighted by Crippen LogP contribution is -2.30. The lowest BCUT2D eigenvalue weighted by molar-refractivity contribution is -0.116. The number of aromatic nitrogens is 1. The van der Waals surface area contributed by atoms with Crippen molar-refractivity contribution in [3.63, 3.8) is 0 Å². The molecule has 1 aliphatic heterocycles. The van der Waals surface area contributed by atoms with Gasteiger partial charge in [-0.25, -0.2) is 4.98 Å². The first-order chi connectivity index (χ1) is 14.2. The Bertz CT molecular complexity index is 1050. The molecule has 6 heteroatoms. The van der Waals surface area contributed by atoms with E-state index in [0.29, 0.717) is 30.0 Å². The fourth-order valence-electron chi connectivity index (χ4n) is 3.33. The van der Waals surface area contributed by atoms with Crippen LogP contribution in [0.25, 0.3) is 0 Å². The first-order valence-electron chi connectivity index (χ1n) is 9.58. The summed E-state index contributed by atoms with van der Waals surface area (Å²) in [4.78, 5) is 32.3. The second-order valence-electron chi connectivity index (χ2n) is 6.72. The van der Waals surface area contributed by atoms with Crippen LogP contribution in [-0.4, -0.2) is 23.3 Å². The van der Waals surface area contributed by atoms with E-state index < -0.39 is 0 Å². The number of benzene rings is 2. The highest BCUT2D eigenvalue weighted by Gasteiger charge is 2.27. The predicted octanol–water partition coefficient (Wildman–Crippen LogP) is 4.78. The largest absolute Gasteiger partial charge is 0.326 e. The topological polar surface area (TPSA) is 62.3 Å². The van der Waals surface area contributed by atoms with Crippen LogP contribution in [0.15, 0.2) is 76.8 Å². The smallest absolute Gasteiger partial charge is 0.261 e. The van der Waals surface area contributed by atoms with E-state index in [0.717, 1.165) is 21.8 Å². The molecule has 2 heterocycles. The number of amides is 2. The zero-order valence-corrected chi connectivity index (χ0v) is 16.9. The van der Waals surface area contributed by atoms with Crippen molar-refractivity contribution in [1.82, 2.24) is 4.98 Å².